The molecule has 1 rings (SSSR count). The molecule has 0 atom stereocenters. The van der Waals surface area contributed by atoms with Crippen molar-refractivity contribution in [2.24, 2.45) is 5.92 Å². The first kappa shape index (κ1) is 9.24. The molecule has 1 nitrogen and oxygen atoms in total. The van der Waals surface area contributed by atoms with E-state index in [1.54, 1.807) is 0 Å². The summed E-state index contributed by atoms with van der Waals surface area (Å²) in [7, 11) is 0. The maximum Gasteiger partial charge on any atom is 0.171 e. The number of nitrogens with zero attached hydrogens (tertiary/aromatic N) is 1. The first-order valence-corrected chi connectivity index (χ1v) is 4.55. The Morgan fingerprint density at radius 2 is 1.67 bits per heavy atom. The molecule has 1 aromatic rings. The number of pyridine rings is 1. The quantitative estimate of drug-likeness (QED) is 0.590. The van der Waals surface area contributed by atoms with Crippen LogP contribution in [0, 0.1) is 19.8 Å². The average Bonchev–Trinajstić information content (AvgIpc) is 1.81. The molecular weight excluding hydrogens is 146 g/mol. The number of aryl methyl sites for hydroxylation is 2. The van der Waals surface area contributed by atoms with Crippen molar-refractivity contribution in [3.05, 3.63) is 29.6 Å². The van der Waals surface area contributed by atoms with Crippen molar-refractivity contribution in [2.75, 3.05) is 0 Å². The summed E-state index contributed by atoms with van der Waals surface area (Å²) in [4.78, 5) is 0. The molecule has 0 saturated carbocycles. The van der Waals surface area contributed by atoms with Crippen LogP contribution >= 0.6 is 0 Å². The first-order chi connectivity index (χ1) is 5.58. The molecule has 66 valence electrons. The minimum absolute atomic E-state index is 0.719. The van der Waals surface area contributed by atoms with Crippen molar-refractivity contribution >= 4 is 0 Å². The molecule has 0 unspecified atom stereocenters. The third-order valence-corrected chi connectivity index (χ3v) is 1.77. The van der Waals surface area contributed by atoms with Crippen LogP contribution in [0.15, 0.2) is 18.5 Å². The number of hydrogen-bond acceptors (Lipinski definition) is 0. The maximum absolute atomic E-state index is 2.27. The van der Waals surface area contributed by atoms with Gasteiger partial charge in [0, 0.05) is 17.0 Å². The topological polar surface area (TPSA) is 3.88 Å². The zero-order valence-electron chi connectivity index (χ0n) is 8.46. The van der Waals surface area contributed by atoms with E-state index in [-0.39, 0.29) is 0 Å². The molecule has 0 saturated heterocycles. The number of aromatic nitrogens is 1. The third kappa shape index (κ3) is 2.65. The van der Waals surface area contributed by atoms with Gasteiger partial charge in [-0.05, 0) is 19.9 Å². The summed E-state index contributed by atoms with van der Waals surface area (Å²) in [6, 6.07) is 2.21. The Morgan fingerprint density at radius 1 is 1.17 bits per heavy atom. The zero-order valence-corrected chi connectivity index (χ0v) is 8.46. The van der Waals surface area contributed by atoms with E-state index in [0.29, 0.717) is 0 Å². The molecule has 0 radical (unpaired) electrons. The van der Waals surface area contributed by atoms with Gasteiger partial charge in [-0.1, -0.05) is 13.8 Å². The highest BCUT2D eigenvalue weighted by Gasteiger charge is 2.04. The molecule has 0 fully saturated rings. The van der Waals surface area contributed by atoms with Gasteiger partial charge in [0.25, 0.3) is 0 Å². The molecule has 1 heteroatoms. The van der Waals surface area contributed by atoms with E-state index in [2.05, 4.69) is 50.7 Å². The molecule has 1 heterocycles. The summed E-state index contributed by atoms with van der Waals surface area (Å²) in [6.07, 6.45) is 4.40. The molecule has 12 heavy (non-hydrogen) atoms. The highest BCUT2D eigenvalue weighted by molar-refractivity contribution is 5.11. The van der Waals surface area contributed by atoms with Crippen LogP contribution in [0.25, 0.3) is 0 Å². The van der Waals surface area contributed by atoms with Gasteiger partial charge in [0.05, 0.1) is 0 Å². The SMILES string of the molecule is Cc1cc(C)c[n+](CC(C)C)c1. The second kappa shape index (κ2) is 3.70. The molecular formula is C11H18N+. The lowest BCUT2D eigenvalue weighted by molar-refractivity contribution is -0.702. The Kier molecular flexibility index (Phi) is 2.85. The monoisotopic (exact) mass is 164 g/mol. The summed E-state index contributed by atoms with van der Waals surface area (Å²) in [5.41, 5.74) is 2.69. The van der Waals surface area contributed by atoms with Gasteiger partial charge >= 0.3 is 0 Å². The van der Waals surface area contributed by atoms with E-state index >= 15 is 0 Å². The second-order valence-electron chi connectivity index (χ2n) is 3.98. The molecule has 0 aliphatic rings. The smallest absolute Gasteiger partial charge is 0.171 e. The highest BCUT2D eigenvalue weighted by atomic mass is 14.9. The van der Waals surface area contributed by atoms with Crippen LogP contribution < -0.4 is 4.57 Å². The summed E-state index contributed by atoms with van der Waals surface area (Å²) in [6.45, 7) is 9.88. The number of rotatable bonds is 2. The van der Waals surface area contributed by atoms with E-state index in [1.165, 1.54) is 11.1 Å². The second-order valence-corrected chi connectivity index (χ2v) is 3.98. The van der Waals surface area contributed by atoms with Crippen LogP contribution in [0.4, 0.5) is 0 Å². The Labute approximate surface area is 75.1 Å². The molecule has 0 bridgehead atoms. The lowest BCUT2D eigenvalue weighted by atomic mass is 10.2. The lowest BCUT2D eigenvalue weighted by Gasteiger charge is -2.01. The van der Waals surface area contributed by atoms with Gasteiger partial charge in [0.15, 0.2) is 18.9 Å². The van der Waals surface area contributed by atoms with Gasteiger partial charge in [-0.2, -0.15) is 0 Å². The minimum atomic E-state index is 0.719. The van der Waals surface area contributed by atoms with Crippen molar-refractivity contribution in [1.82, 2.24) is 0 Å². The Bertz CT molecular complexity index is 243. The first-order valence-electron chi connectivity index (χ1n) is 4.55. The minimum Gasteiger partial charge on any atom is -0.204 e. The fraction of sp³-hybridized carbons (Fsp3) is 0.545. The Morgan fingerprint density at radius 3 is 2.08 bits per heavy atom. The summed E-state index contributed by atoms with van der Waals surface area (Å²) < 4.78 is 2.27. The average molecular weight is 164 g/mol. The van der Waals surface area contributed by atoms with E-state index < -0.39 is 0 Å². The van der Waals surface area contributed by atoms with Crippen molar-refractivity contribution in [3.63, 3.8) is 0 Å². The van der Waals surface area contributed by atoms with Gasteiger partial charge in [-0.3, -0.25) is 0 Å². The van der Waals surface area contributed by atoms with Crippen molar-refractivity contribution in [3.8, 4) is 0 Å². The van der Waals surface area contributed by atoms with E-state index in [9.17, 15) is 0 Å². The standard InChI is InChI=1S/C11H18N/c1-9(2)6-12-7-10(3)5-11(4)8-12/h5,7-9H,6H2,1-4H3/q+1. The molecule has 0 N–H and O–H groups in total. The van der Waals surface area contributed by atoms with E-state index in [4.69, 9.17) is 0 Å². The van der Waals surface area contributed by atoms with Crippen molar-refractivity contribution in [1.29, 1.82) is 0 Å². The zero-order chi connectivity index (χ0) is 9.14. The molecule has 0 amide bonds. The highest BCUT2D eigenvalue weighted by Crippen LogP contribution is 1.99. The fourth-order valence-electron chi connectivity index (χ4n) is 1.52. The Hall–Kier alpha value is -0.850. The van der Waals surface area contributed by atoms with Crippen LogP contribution in [0.2, 0.25) is 0 Å². The number of hydrogen-bond donors (Lipinski definition) is 0. The summed E-state index contributed by atoms with van der Waals surface area (Å²) in [5.74, 6) is 0.719. The predicted molar refractivity (Wildman–Crippen MR) is 50.9 cm³/mol. The largest absolute Gasteiger partial charge is 0.204 e. The summed E-state index contributed by atoms with van der Waals surface area (Å²) in [5, 5.41) is 0. The van der Waals surface area contributed by atoms with Gasteiger partial charge in [0.2, 0.25) is 0 Å². The van der Waals surface area contributed by atoms with Crippen LogP contribution in [-0.2, 0) is 6.54 Å². The fourth-order valence-corrected chi connectivity index (χ4v) is 1.52. The van der Waals surface area contributed by atoms with Gasteiger partial charge in [-0.25, -0.2) is 4.57 Å². The lowest BCUT2D eigenvalue weighted by Crippen LogP contribution is -2.36. The molecule has 0 aliphatic heterocycles. The van der Waals surface area contributed by atoms with Crippen molar-refractivity contribution in [2.45, 2.75) is 34.2 Å². The van der Waals surface area contributed by atoms with E-state index in [1.807, 2.05) is 0 Å². The third-order valence-electron chi connectivity index (χ3n) is 1.77. The van der Waals surface area contributed by atoms with Gasteiger partial charge in [-0.15, -0.1) is 0 Å². The summed E-state index contributed by atoms with van der Waals surface area (Å²) >= 11 is 0. The molecule has 1 aromatic heterocycles. The van der Waals surface area contributed by atoms with Crippen LogP contribution in [0.5, 0.6) is 0 Å². The molecule has 0 spiro atoms. The van der Waals surface area contributed by atoms with Gasteiger partial charge in [0.1, 0.15) is 0 Å². The van der Waals surface area contributed by atoms with Crippen LogP contribution in [-0.4, -0.2) is 0 Å². The Balaban J connectivity index is 2.85. The molecule has 0 aliphatic carbocycles. The maximum atomic E-state index is 2.27. The van der Waals surface area contributed by atoms with E-state index in [0.717, 1.165) is 12.5 Å². The van der Waals surface area contributed by atoms with Crippen molar-refractivity contribution < 1.29 is 4.57 Å². The molecule has 0 aromatic carbocycles. The van der Waals surface area contributed by atoms with Crippen LogP contribution in [0.3, 0.4) is 0 Å². The normalized spacial score (nSPS) is 10.8. The van der Waals surface area contributed by atoms with Gasteiger partial charge < -0.3 is 0 Å². The van der Waals surface area contributed by atoms with Crippen LogP contribution in [0.1, 0.15) is 25.0 Å². The predicted octanol–water partition coefficient (Wildman–Crippen LogP) is 2.25.